The smallest absolute Gasteiger partial charge is 0.154 e. The molecular weight excluding hydrogens is 456 g/mol. The molecule has 2 heterocycles. The number of benzene rings is 3. The van der Waals surface area contributed by atoms with E-state index < -0.39 is 0 Å². The zero-order chi connectivity index (χ0) is 23.9. The Balaban J connectivity index is 1.33. The number of ether oxygens (including phenoxy) is 3. The lowest BCUT2D eigenvalue weighted by Gasteiger charge is -2.19. The summed E-state index contributed by atoms with van der Waals surface area (Å²) >= 11 is 1.63. The molecule has 1 aliphatic heterocycles. The van der Waals surface area contributed by atoms with Gasteiger partial charge in [0.15, 0.2) is 6.23 Å². The van der Waals surface area contributed by atoms with Crippen molar-refractivity contribution in [3.05, 3.63) is 108 Å². The average molecular weight is 487 g/mol. The number of nitrogens with zero attached hydrogens (tertiary/aromatic N) is 2. The third-order valence-corrected chi connectivity index (χ3v) is 6.76. The zero-order valence-corrected chi connectivity index (χ0v) is 20.6. The number of thioether (sulfide) groups is 1. The van der Waals surface area contributed by atoms with Gasteiger partial charge in [0.1, 0.15) is 11.1 Å². The summed E-state index contributed by atoms with van der Waals surface area (Å²) in [6.45, 7) is 1.55. The topological polar surface area (TPSA) is 45.5 Å². The summed E-state index contributed by atoms with van der Waals surface area (Å²) in [5.74, 6) is 0. The second kappa shape index (κ2) is 11.7. The van der Waals surface area contributed by atoms with Gasteiger partial charge in [0.05, 0.1) is 31.6 Å². The van der Waals surface area contributed by atoms with E-state index >= 15 is 0 Å². The molecule has 1 aliphatic rings. The summed E-state index contributed by atoms with van der Waals surface area (Å²) in [6, 6.07) is 32.9. The summed E-state index contributed by atoms with van der Waals surface area (Å²) < 4.78 is 21.0. The van der Waals surface area contributed by atoms with Crippen LogP contribution in [0.1, 0.15) is 23.8 Å². The van der Waals surface area contributed by atoms with Crippen LogP contribution in [0.5, 0.6) is 0 Å². The van der Waals surface area contributed by atoms with E-state index in [0.717, 1.165) is 27.4 Å². The van der Waals surface area contributed by atoms with Gasteiger partial charge in [-0.1, -0.05) is 91.0 Å². The van der Waals surface area contributed by atoms with Crippen molar-refractivity contribution in [2.45, 2.75) is 43.1 Å². The van der Waals surface area contributed by atoms with Crippen molar-refractivity contribution in [2.75, 3.05) is 12.9 Å². The lowest BCUT2D eigenvalue weighted by Crippen LogP contribution is -2.29. The molecule has 180 valence electrons. The summed E-state index contributed by atoms with van der Waals surface area (Å²) in [5, 5.41) is 5.83. The highest BCUT2D eigenvalue weighted by molar-refractivity contribution is 7.98. The van der Waals surface area contributed by atoms with Crippen molar-refractivity contribution < 1.29 is 14.2 Å². The minimum absolute atomic E-state index is 0.0958. The maximum atomic E-state index is 6.55. The van der Waals surface area contributed by atoms with Crippen molar-refractivity contribution >= 4 is 11.8 Å². The van der Waals surface area contributed by atoms with Gasteiger partial charge < -0.3 is 14.2 Å². The van der Waals surface area contributed by atoms with Crippen molar-refractivity contribution in [3.8, 4) is 11.3 Å². The van der Waals surface area contributed by atoms with Crippen LogP contribution in [0, 0.1) is 0 Å². The standard InChI is InChI=1S/C29H30N2O3S/c1-35-28-17-25(24-15-9-4-10-16-24)31(30-28)29-18-26(33-20-23-13-7-3-8-14-23)27(34-29)21-32-19-22-11-5-2-6-12-22/h2-17,26-27,29H,18-21H2,1H3/t26-,27+,29?/m0/s1. The van der Waals surface area contributed by atoms with Crippen LogP contribution in [0.2, 0.25) is 0 Å². The Morgan fingerprint density at radius 2 is 1.51 bits per heavy atom. The van der Waals surface area contributed by atoms with Gasteiger partial charge >= 0.3 is 0 Å². The van der Waals surface area contributed by atoms with Crippen molar-refractivity contribution in [3.63, 3.8) is 0 Å². The molecule has 5 nitrogen and oxygen atoms in total. The number of hydrogen-bond acceptors (Lipinski definition) is 5. The molecule has 6 heteroatoms. The summed E-state index contributed by atoms with van der Waals surface area (Å²) in [6.07, 6.45) is 2.25. The van der Waals surface area contributed by atoms with Gasteiger partial charge in [0.2, 0.25) is 0 Å². The highest BCUT2D eigenvalue weighted by atomic mass is 32.2. The highest BCUT2D eigenvalue weighted by Crippen LogP contribution is 2.36. The molecule has 0 spiro atoms. The summed E-state index contributed by atoms with van der Waals surface area (Å²) in [4.78, 5) is 0. The van der Waals surface area contributed by atoms with E-state index in [2.05, 4.69) is 42.5 Å². The number of aromatic nitrogens is 2. The first-order valence-corrected chi connectivity index (χ1v) is 13.1. The molecule has 0 bridgehead atoms. The van der Waals surface area contributed by atoms with Gasteiger partial charge in [0, 0.05) is 6.42 Å². The molecular formula is C29H30N2O3S. The highest BCUT2D eigenvalue weighted by Gasteiger charge is 2.38. The molecule has 4 aromatic rings. The quantitative estimate of drug-likeness (QED) is 0.244. The lowest BCUT2D eigenvalue weighted by atomic mass is 10.1. The fraction of sp³-hybridized carbons (Fsp3) is 0.276. The molecule has 0 radical (unpaired) electrons. The molecule has 1 aromatic heterocycles. The Bertz CT molecular complexity index is 1180. The molecule has 1 fully saturated rings. The molecule has 0 N–H and O–H groups in total. The third kappa shape index (κ3) is 6.03. The van der Waals surface area contributed by atoms with Crippen molar-refractivity contribution in [1.82, 2.24) is 9.78 Å². The molecule has 1 unspecified atom stereocenters. The number of rotatable bonds is 10. The van der Waals surface area contributed by atoms with Gasteiger partial charge in [-0.15, -0.1) is 11.8 Å². The largest absolute Gasteiger partial charge is 0.374 e. The van der Waals surface area contributed by atoms with Crippen LogP contribution >= 0.6 is 11.8 Å². The minimum atomic E-state index is -0.225. The molecule has 3 aromatic carbocycles. The minimum Gasteiger partial charge on any atom is -0.374 e. The first kappa shape index (κ1) is 23.8. The normalized spacial score (nSPS) is 19.7. The Morgan fingerprint density at radius 3 is 2.17 bits per heavy atom. The van der Waals surface area contributed by atoms with Crippen LogP contribution in [0.25, 0.3) is 11.3 Å². The second-order valence-electron chi connectivity index (χ2n) is 8.58. The molecule has 0 aliphatic carbocycles. The molecule has 3 atom stereocenters. The van der Waals surface area contributed by atoms with Gasteiger partial charge in [-0.3, -0.25) is 0 Å². The van der Waals surface area contributed by atoms with Gasteiger partial charge in [-0.2, -0.15) is 5.10 Å². The van der Waals surface area contributed by atoms with E-state index in [9.17, 15) is 0 Å². The van der Waals surface area contributed by atoms with Crippen LogP contribution < -0.4 is 0 Å². The van der Waals surface area contributed by atoms with E-state index in [0.29, 0.717) is 26.2 Å². The Hall–Kier alpha value is -2.90. The first-order valence-electron chi connectivity index (χ1n) is 11.9. The Labute approximate surface area is 211 Å². The zero-order valence-electron chi connectivity index (χ0n) is 19.8. The summed E-state index contributed by atoms with van der Waals surface area (Å²) in [7, 11) is 0. The van der Waals surface area contributed by atoms with Crippen molar-refractivity contribution in [1.29, 1.82) is 0 Å². The fourth-order valence-corrected chi connectivity index (χ4v) is 4.73. The maximum Gasteiger partial charge on any atom is 0.154 e. The first-order chi connectivity index (χ1) is 17.3. The molecule has 0 amide bonds. The predicted octanol–water partition coefficient (Wildman–Crippen LogP) is 6.36. The van der Waals surface area contributed by atoms with Gasteiger partial charge in [-0.05, 0) is 29.0 Å². The second-order valence-corrected chi connectivity index (χ2v) is 9.41. The van der Waals surface area contributed by atoms with E-state index in [4.69, 9.17) is 19.3 Å². The summed E-state index contributed by atoms with van der Waals surface area (Å²) in [5.41, 5.74) is 4.46. The maximum absolute atomic E-state index is 6.55. The monoisotopic (exact) mass is 486 g/mol. The van der Waals surface area contributed by atoms with E-state index in [1.807, 2.05) is 65.5 Å². The van der Waals surface area contributed by atoms with Crippen LogP contribution in [0.4, 0.5) is 0 Å². The third-order valence-electron chi connectivity index (χ3n) is 6.15. The van der Waals surface area contributed by atoms with E-state index in [-0.39, 0.29) is 18.4 Å². The fourth-order valence-electron chi connectivity index (χ4n) is 4.34. The molecule has 0 saturated carbocycles. The Morgan fingerprint density at radius 1 is 0.886 bits per heavy atom. The van der Waals surface area contributed by atoms with E-state index in [1.165, 1.54) is 0 Å². The van der Waals surface area contributed by atoms with Crippen LogP contribution in [0.15, 0.2) is 102 Å². The van der Waals surface area contributed by atoms with Crippen LogP contribution in [-0.2, 0) is 27.4 Å². The van der Waals surface area contributed by atoms with Crippen LogP contribution in [-0.4, -0.2) is 34.9 Å². The molecule has 5 rings (SSSR count). The SMILES string of the molecule is CSc1cc(-c2ccccc2)n(C2C[C@H](OCc3ccccc3)[C@@H](COCc3ccccc3)O2)n1. The number of hydrogen-bond donors (Lipinski definition) is 0. The van der Waals surface area contributed by atoms with Gasteiger partial charge in [0.25, 0.3) is 0 Å². The predicted molar refractivity (Wildman–Crippen MR) is 139 cm³/mol. The van der Waals surface area contributed by atoms with E-state index in [1.54, 1.807) is 11.8 Å². The van der Waals surface area contributed by atoms with Gasteiger partial charge in [-0.25, -0.2) is 4.68 Å². The molecule has 1 saturated heterocycles. The lowest BCUT2D eigenvalue weighted by molar-refractivity contribution is -0.0843. The van der Waals surface area contributed by atoms with Crippen molar-refractivity contribution in [2.24, 2.45) is 0 Å². The molecule has 35 heavy (non-hydrogen) atoms. The Kier molecular flexibility index (Phi) is 7.96. The average Bonchev–Trinajstić information content (AvgIpc) is 3.53. The van der Waals surface area contributed by atoms with Crippen LogP contribution in [0.3, 0.4) is 0 Å².